The Kier molecular flexibility index (Phi) is 4.76. The molecular formula is C14H13F3N2O5. The SMILES string of the molecule is O=C(O)[C@@H]1CN(C(=O)Cc2cccc([N+](=O)[O-])c2)C[C@H]1C(F)(F)F. The smallest absolute Gasteiger partial charge is 0.394 e. The maximum absolute atomic E-state index is 12.9. The van der Waals surface area contributed by atoms with Gasteiger partial charge < -0.3 is 10.0 Å². The predicted molar refractivity (Wildman–Crippen MR) is 74.1 cm³/mol. The maximum atomic E-state index is 12.9. The van der Waals surface area contributed by atoms with Gasteiger partial charge in [0.1, 0.15) is 0 Å². The van der Waals surface area contributed by atoms with Crippen LogP contribution in [0, 0.1) is 22.0 Å². The summed E-state index contributed by atoms with van der Waals surface area (Å²) in [4.78, 5) is 34.0. The molecule has 24 heavy (non-hydrogen) atoms. The van der Waals surface area contributed by atoms with Crippen molar-refractivity contribution in [1.29, 1.82) is 0 Å². The van der Waals surface area contributed by atoms with Crippen LogP contribution in [0.4, 0.5) is 18.9 Å². The van der Waals surface area contributed by atoms with E-state index in [0.717, 1.165) is 11.0 Å². The van der Waals surface area contributed by atoms with Crippen LogP contribution in [0.15, 0.2) is 24.3 Å². The molecule has 1 aliphatic heterocycles. The van der Waals surface area contributed by atoms with E-state index < -0.39 is 47.9 Å². The summed E-state index contributed by atoms with van der Waals surface area (Å²) in [6.45, 7) is -1.26. The van der Waals surface area contributed by atoms with Gasteiger partial charge in [-0.2, -0.15) is 13.2 Å². The highest BCUT2D eigenvalue weighted by Crippen LogP contribution is 2.37. The molecule has 0 aromatic heterocycles. The minimum absolute atomic E-state index is 0.238. The number of nitro groups is 1. The van der Waals surface area contributed by atoms with E-state index in [0.29, 0.717) is 0 Å². The number of alkyl halides is 3. The highest BCUT2D eigenvalue weighted by Gasteiger charge is 2.53. The molecule has 2 rings (SSSR count). The van der Waals surface area contributed by atoms with Crippen molar-refractivity contribution < 1.29 is 32.8 Å². The van der Waals surface area contributed by atoms with E-state index in [1.165, 1.54) is 18.2 Å². The van der Waals surface area contributed by atoms with Gasteiger partial charge in [0.2, 0.25) is 5.91 Å². The molecule has 0 bridgehead atoms. The number of nitro benzene ring substituents is 1. The van der Waals surface area contributed by atoms with Gasteiger partial charge in [-0.15, -0.1) is 0 Å². The molecule has 0 saturated carbocycles. The Hall–Kier alpha value is -2.65. The molecule has 0 radical (unpaired) electrons. The average Bonchev–Trinajstić information content (AvgIpc) is 2.93. The number of halogens is 3. The summed E-state index contributed by atoms with van der Waals surface area (Å²) < 4.78 is 38.7. The lowest BCUT2D eigenvalue weighted by molar-refractivity contribution is -0.384. The van der Waals surface area contributed by atoms with E-state index in [2.05, 4.69) is 0 Å². The number of nitrogens with zero attached hydrogens (tertiary/aromatic N) is 2. The Balaban J connectivity index is 2.12. The van der Waals surface area contributed by atoms with E-state index in [1.54, 1.807) is 0 Å². The molecule has 1 saturated heterocycles. The highest BCUT2D eigenvalue weighted by molar-refractivity contribution is 5.81. The molecule has 1 amide bonds. The van der Waals surface area contributed by atoms with Gasteiger partial charge in [-0.05, 0) is 5.56 Å². The van der Waals surface area contributed by atoms with Crippen LogP contribution in [-0.4, -0.2) is 46.1 Å². The molecule has 1 aliphatic rings. The average molecular weight is 346 g/mol. The number of aliphatic carboxylic acids is 1. The third-order valence-corrected chi connectivity index (χ3v) is 3.89. The molecular weight excluding hydrogens is 333 g/mol. The number of non-ortho nitro benzene ring substituents is 1. The highest BCUT2D eigenvalue weighted by atomic mass is 19.4. The molecule has 2 atom stereocenters. The monoisotopic (exact) mass is 346 g/mol. The minimum atomic E-state index is -4.72. The molecule has 0 unspecified atom stereocenters. The number of hydrogen-bond donors (Lipinski definition) is 1. The van der Waals surface area contributed by atoms with Gasteiger partial charge in [-0.3, -0.25) is 19.7 Å². The summed E-state index contributed by atoms with van der Waals surface area (Å²) >= 11 is 0. The Labute approximate surface area is 133 Å². The van der Waals surface area contributed by atoms with Crippen molar-refractivity contribution in [2.45, 2.75) is 12.6 Å². The van der Waals surface area contributed by atoms with Crippen LogP contribution in [0.5, 0.6) is 0 Å². The number of carboxylic acid groups (broad SMARTS) is 1. The lowest BCUT2D eigenvalue weighted by Crippen LogP contribution is -2.34. The number of rotatable bonds is 4. The van der Waals surface area contributed by atoms with Crippen LogP contribution in [0.2, 0.25) is 0 Å². The molecule has 130 valence electrons. The van der Waals surface area contributed by atoms with Crippen LogP contribution in [0.25, 0.3) is 0 Å². The Morgan fingerprint density at radius 3 is 2.50 bits per heavy atom. The number of amides is 1. The molecule has 0 aliphatic carbocycles. The van der Waals surface area contributed by atoms with Crippen molar-refractivity contribution in [2.24, 2.45) is 11.8 Å². The second kappa shape index (κ2) is 6.46. The topological polar surface area (TPSA) is 101 Å². The third-order valence-electron chi connectivity index (χ3n) is 3.89. The second-order valence-corrected chi connectivity index (χ2v) is 5.50. The number of carbonyl (C=O) groups excluding carboxylic acids is 1. The summed E-state index contributed by atoms with van der Waals surface area (Å²) in [6, 6.07) is 5.19. The molecule has 1 fully saturated rings. The summed E-state index contributed by atoms with van der Waals surface area (Å²) in [5.41, 5.74) is 0.0369. The normalized spacial score (nSPS) is 20.9. The maximum Gasteiger partial charge on any atom is 0.394 e. The Morgan fingerprint density at radius 2 is 2.00 bits per heavy atom. The van der Waals surface area contributed by atoms with E-state index in [1.807, 2.05) is 0 Å². The van der Waals surface area contributed by atoms with Crippen molar-refractivity contribution in [2.75, 3.05) is 13.1 Å². The first-order chi connectivity index (χ1) is 11.1. The van der Waals surface area contributed by atoms with Gasteiger partial charge in [0.15, 0.2) is 0 Å². The first kappa shape index (κ1) is 17.7. The standard InChI is InChI=1S/C14H13F3N2O5/c15-14(16,17)11-7-18(6-10(11)13(21)22)12(20)5-8-2-1-3-9(4-8)19(23)24/h1-4,10-11H,5-7H2,(H,21,22)/t10-,11-/m1/s1. The fraction of sp³-hybridized carbons (Fsp3) is 0.429. The summed E-state index contributed by atoms with van der Waals surface area (Å²) in [7, 11) is 0. The number of benzene rings is 1. The quantitative estimate of drug-likeness (QED) is 0.662. The van der Waals surface area contributed by atoms with E-state index in [-0.39, 0.29) is 17.7 Å². The fourth-order valence-electron chi connectivity index (χ4n) is 2.66. The summed E-state index contributed by atoms with van der Waals surface area (Å²) in [5.74, 6) is -6.14. The molecule has 1 aromatic carbocycles. The van der Waals surface area contributed by atoms with Crippen LogP contribution >= 0.6 is 0 Å². The van der Waals surface area contributed by atoms with E-state index >= 15 is 0 Å². The largest absolute Gasteiger partial charge is 0.481 e. The van der Waals surface area contributed by atoms with Crippen molar-refractivity contribution >= 4 is 17.6 Å². The van der Waals surface area contributed by atoms with E-state index in [4.69, 9.17) is 5.11 Å². The lowest BCUT2D eigenvalue weighted by Gasteiger charge is -2.18. The molecule has 10 heteroatoms. The first-order valence-electron chi connectivity index (χ1n) is 6.90. The number of hydrogen-bond acceptors (Lipinski definition) is 4. The number of likely N-dealkylation sites (tertiary alicyclic amines) is 1. The summed E-state index contributed by atoms with van der Waals surface area (Å²) in [5, 5.41) is 19.6. The van der Waals surface area contributed by atoms with Crippen molar-refractivity contribution in [1.82, 2.24) is 4.90 Å². The molecule has 1 N–H and O–H groups in total. The lowest BCUT2D eigenvalue weighted by atomic mass is 9.96. The zero-order chi connectivity index (χ0) is 18.1. The van der Waals surface area contributed by atoms with Gasteiger partial charge in [-0.1, -0.05) is 12.1 Å². The van der Waals surface area contributed by atoms with Gasteiger partial charge in [-0.25, -0.2) is 0 Å². The summed E-state index contributed by atoms with van der Waals surface area (Å²) in [6.07, 6.45) is -5.05. The zero-order valence-electron chi connectivity index (χ0n) is 12.2. The first-order valence-corrected chi connectivity index (χ1v) is 6.90. The molecule has 7 nitrogen and oxygen atoms in total. The molecule has 0 spiro atoms. The number of carboxylic acids is 1. The van der Waals surface area contributed by atoms with Crippen LogP contribution < -0.4 is 0 Å². The van der Waals surface area contributed by atoms with Gasteiger partial charge >= 0.3 is 12.1 Å². The van der Waals surface area contributed by atoms with Gasteiger partial charge in [0.25, 0.3) is 5.69 Å². The van der Waals surface area contributed by atoms with Crippen LogP contribution in [0.3, 0.4) is 0 Å². The van der Waals surface area contributed by atoms with Crippen molar-refractivity contribution in [3.8, 4) is 0 Å². The van der Waals surface area contributed by atoms with Gasteiger partial charge in [0, 0.05) is 25.2 Å². The Morgan fingerprint density at radius 1 is 1.33 bits per heavy atom. The van der Waals surface area contributed by atoms with Gasteiger partial charge in [0.05, 0.1) is 23.2 Å². The second-order valence-electron chi connectivity index (χ2n) is 5.50. The molecule has 1 aromatic rings. The predicted octanol–water partition coefficient (Wildman–Crippen LogP) is 1.86. The van der Waals surface area contributed by atoms with Crippen molar-refractivity contribution in [3.63, 3.8) is 0 Å². The fourth-order valence-corrected chi connectivity index (χ4v) is 2.66. The van der Waals surface area contributed by atoms with E-state index in [9.17, 15) is 32.9 Å². The number of carbonyl (C=O) groups is 2. The zero-order valence-corrected chi connectivity index (χ0v) is 12.2. The van der Waals surface area contributed by atoms with Crippen LogP contribution in [0.1, 0.15) is 5.56 Å². The third kappa shape index (κ3) is 3.81. The minimum Gasteiger partial charge on any atom is -0.481 e. The Bertz CT molecular complexity index is 677. The van der Waals surface area contributed by atoms with Crippen molar-refractivity contribution in [3.05, 3.63) is 39.9 Å². The molecule has 1 heterocycles. The van der Waals surface area contributed by atoms with Crippen LogP contribution in [-0.2, 0) is 16.0 Å².